The Morgan fingerprint density at radius 3 is 1.57 bits per heavy atom. The summed E-state index contributed by atoms with van der Waals surface area (Å²) >= 11 is 4.49. The summed E-state index contributed by atoms with van der Waals surface area (Å²) in [6, 6.07) is 39.8. The first-order valence-electron chi connectivity index (χ1n) is 11.3. The van der Waals surface area contributed by atoms with Crippen molar-refractivity contribution in [1.29, 1.82) is 0 Å². The molecule has 178 valence electrons. The Morgan fingerprint density at radius 2 is 1.14 bits per heavy atom. The predicted octanol–water partition coefficient (Wildman–Crippen LogP) is 6.19. The maximum absolute atomic E-state index is 12.7. The molecular formula is C30H28BrO3P. The number of carbonyl (C=O) groups excluding carboxylic acids is 1. The van der Waals surface area contributed by atoms with Gasteiger partial charge in [0, 0.05) is 0 Å². The van der Waals surface area contributed by atoms with Crippen molar-refractivity contribution in [3.8, 4) is 0 Å². The van der Waals surface area contributed by atoms with Crippen molar-refractivity contribution in [2.75, 3.05) is 14.2 Å². The Hall–Kier alpha value is -3.20. The number of esters is 1. The van der Waals surface area contributed by atoms with Crippen LogP contribution in [0.15, 0.2) is 122 Å². The molecule has 5 heteroatoms. The van der Waals surface area contributed by atoms with E-state index in [1.165, 1.54) is 36.4 Å². The molecule has 35 heavy (non-hydrogen) atoms. The Balaban J connectivity index is 2.07. The fraction of sp³-hybridized carbons (Fsp3) is 0.100. The predicted molar refractivity (Wildman–Crippen MR) is 151 cm³/mol. The molecule has 0 aliphatic rings. The van der Waals surface area contributed by atoms with Gasteiger partial charge in [-0.15, -0.1) is 0 Å². The number of carbonyl (C=O) groups is 1. The fourth-order valence-electron chi connectivity index (χ4n) is 4.63. The average molecular weight is 547 g/mol. The van der Waals surface area contributed by atoms with Crippen molar-refractivity contribution in [1.82, 2.24) is 0 Å². The van der Waals surface area contributed by atoms with E-state index in [0.29, 0.717) is 11.7 Å². The van der Waals surface area contributed by atoms with E-state index in [-0.39, 0.29) is 0 Å². The number of ether oxygens (including phenoxy) is 2. The van der Waals surface area contributed by atoms with Gasteiger partial charge in [0.2, 0.25) is 0 Å². The van der Waals surface area contributed by atoms with Crippen molar-refractivity contribution in [3.63, 3.8) is 0 Å². The second-order valence-electron chi connectivity index (χ2n) is 8.26. The van der Waals surface area contributed by atoms with E-state index in [2.05, 4.69) is 94.4 Å². The van der Waals surface area contributed by atoms with Crippen LogP contribution in [0.5, 0.6) is 0 Å². The van der Waals surface area contributed by atoms with Gasteiger partial charge in [-0.2, -0.15) is 0 Å². The normalized spacial score (nSPS) is 12.9. The number of benzene rings is 4. The topological polar surface area (TPSA) is 35.5 Å². The molecule has 0 N–H and O–H groups in total. The summed E-state index contributed by atoms with van der Waals surface area (Å²) in [5.41, 5.74) is 2.20. The van der Waals surface area contributed by atoms with Crippen molar-refractivity contribution in [3.05, 3.63) is 133 Å². The van der Waals surface area contributed by atoms with Gasteiger partial charge in [-0.25, -0.2) is 0 Å². The summed E-state index contributed by atoms with van der Waals surface area (Å²) in [5, 5.41) is 0.387. The standard InChI is InChI=1S/C30H28BrO3P/c1-33-22-29(30(32)34-2)28-21-13-12-14-24(28)23-35(31,25-15-6-3-7-16-25,26-17-8-4-9-18-26)27-19-10-5-11-20-27/h3-22H,23H2,1-2H3. The Labute approximate surface area is 215 Å². The van der Waals surface area contributed by atoms with Crippen molar-refractivity contribution < 1.29 is 14.3 Å². The molecule has 3 nitrogen and oxygen atoms in total. The molecule has 0 spiro atoms. The molecule has 0 saturated carbocycles. The zero-order valence-corrected chi connectivity index (χ0v) is 22.3. The van der Waals surface area contributed by atoms with Crippen LogP contribution in [0.2, 0.25) is 0 Å². The van der Waals surface area contributed by atoms with Crippen LogP contribution in [0.4, 0.5) is 0 Å². The molecule has 0 bridgehead atoms. The van der Waals surface area contributed by atoms with Gasteiger partial charge < -0.3 is 0 Å². The molecule has 0 atom stereocenters. The molecule has 0 aliphatic heterocycles. The second-order valence-corrected chi connectivity index (χ2v) is 17.2. The molecule has 0 unspecified atom stereocenters. The fourth-order valence-corrected chi connectivity index (χ4v) is 12.3. The van der Waals surface area contributed by atoms with Crippen LogP contribution in [-0.4, -0.2) is 20.2 Å². The molecule has 4 aromatic carbocycles. The molecule has 0 heterocycles. The molecule has 0 saturated heterocycles. The number of halogens is 1. The Bertz CT molecular complexity index is 1220. The summed E-state index contributed by atoms with van der Waals surface area (Å²) in [5.74, 6) is -0.437. The first-order chi connectivity index (χ1) is 17.0. The van der Waals surface area contributed by atoms with Gasteiger partial charge in [0.05, 0.1) is 0 Å². The quantitative estimate of drug-likeness (QED) is 0.114. The molecule has 0 aliphatic carbocycles. The minimum atomic E-state index is -3.24. The van der Waals surface area contributed by atoms with Gasteiger partial charge in [-0.3, -0.25) is 0 Å². The molecule has 0 aromatic heterocycles. The third-order valence-electron chi connectivity index (χ3n) is 6.30. The van der Waals surface area contributed by atoms with E-state index in [0.717, 1.165) is 11.1 Å². The van der Waals surface area contributed by atoms with Crippen LogP contribution in [0, 0.1) is 0 Å². The van der Waals surface area contributed by atoms with E-state index in [1.807, 2.05) is 36.4 Å². The van der Waals surface area contributed by atoms with Gasteiger partial charge in [0.15, 0.2) is 0 Å². The molecule has 4 rings (SSSR count). The average Bonchev–Trinajstić information content (AvgIpc) is 2.93. The van der Waals surface area contributed by atoms with Gasteiger partial charge in [0.25, 0.3) is 0 Å². The molecule has 0 fully saturated rings. The van der Waals surface area contributed by atoms with E-state index in [4.69, 9.17) is 9.47 Å². The SMILES string of the molecule is COC=C(C(=O)OC)c1ccccc1CP(Br)(c1ccccc1)(c1ccccc1)c1ccccc1. The number of hydrogen-bond acceptors (Lipinski definition) is 3. The monoisotopic (exact) mass is 546 g/mol. The van der Waals surface area contributed by atoms with Crippen molar-refractivity contribution >= 4 is 48.3 Å². The minimum absolute atomic E-state index is 0.386. The first-order valence-corrected chi connectivity index (χ1v) is 15.8. The van der Waals surface area contributed by atoms with Gasteiger partial charge >= 0.3 is 216 Å². The third kappa shape index (κ3) is 4.57. The summed E-state index contributed by atoms with van der Waals surface area (Å²) < 4.78 is 10.4. The first kappa shape index (κ1) is 24.9. The van der Waals surface area contributed by atoms with Crippen LogP contribution in [0.1, 0.15) is 11.1 Å². The Morgan fingerprint density at radius 1 is 0.714 bits per heavy atom. The van der Waals surface area contributed by atoms with E-state index in [1.54, 1.807) is 0 Å². The number of rotatable bonds is 8. The zero-order chi connectivity index (χ0) is 24.8. The zero-order valence-electron chi connectivity index (χ0n) is 19.8. The van der Waals surface area contributed by atoms with Crippen molar-refractivity contribution in [2.24, 2.45) is 0 Å². The Kier molecular flexibility index (Phi) is 7.54. The summed E-state index contributed by atoms with van der Waals surface area (Å²) in [4.78, 5) is 12.7. The van der Waals surface area contributed by atoms with E-state index < -0.39 is 11.3 Å². The second kappa shape index (κ2) is 10.6. The van der Waals surface area contributed by atoms with E-state index >= 15 is 0 Å². The van der Waals surface area contributed by atoms with Crippen LogP contribution in [0.3, 0.4) is 0 Å². The van der Waals surface area contributed by atoms with Crippen molar-refractivity contribution in [2.45, 2.75) is 6.16 Å². The van der Waals surface area contributed by atoms with E-state index in [9.17, 15) is 4.79 Å². The van der Waals surface area contributed by atoms with Crippen LogP contribution < -0.4 is 15.9 Å². The van der Waals surface area contributed by atoms with Gasteiger partial charge in [-0.1, -0.05) is 0 Å². The molecular weight excluding hydrogens is 519 g/mol. The van der Waals surface area contributed by atoms with Gasteiger partial charge in [-0.05, 0) is 0 Å². The van der Waals surface area contributed by atoms with Crippen LogP contribution >= 0.6 is 20.8 Å². The summed E-state index contributed by atoms with van der Waals surface area (Å²) in [6.45, 7) is 0. The molecule has 0 radical (unpaired) electrons. The van der Waals surface area contributed by atoms with Gasteiger partial charge in [0.1, 0.15) is 0 Å². The van der Waals surface area contributed by atoms with Crippen LogP contribution in [-0.2, 0) is 20.4 Å². The maximum atomic E-state index is 12.7. The van der Waals surface area contributed by atoms with Crippen LogP contribution in [0.25, 0.3) is 5.57 Å². The summed E-state index contributed by atoms with van der Waals surface area (Å²) in [6.07, 6.45) is 2.11. The third-order valence-corrected chi connectivity index (χ3v) is 15.8. The number of hydrogen-bond donors (Lipinski definition) is 0. The number of methoxy groups -OCH3 is 2. The molecule has 0 amide bonds. The summed E-state index contributed by atoms with van der Waals surface area (Å²) in [7, 11) is 2.92. The molecule has 4 aromatic rings.